The van der Waals surface area contributed by atoms with Crippen LogP contribution in [0.1, 0.15) is 45.7 Å². The van der Waals surface area contributed by atoms with Crippen molar-refractivity contribution in [1.29, 1.82) is 0 Å². The van der Waals surface area contributed by atoms with Gasteiger partial charge in [-0.15, -0.1) is 0 Å². The summed E-state index contributed by atoms with van der Waals surface area (Å²) in [7, 11) is 0. The second-order valence-corrected chi connectivity index (χ2v) is 5.72. The summed E-state index contributed by atoms with van der Waals surface area (Å²) in [6, 6.07) is 0. The highest BCUT2D eigenvalue weighted by Gasteiger charge is 2.15. The predicted octanol–water partition coefficient (Wildman–Crippen LogP) is 3.24. The quantitative estimate of drug-likeness (QED) is 0.865. The van der Waals surface area contributed by atoms with Crippen LogP contribution < -0.4 is 5.73 Å². The minimum atomic E-state index is 0.444. The van der Waals surface area contributed by atoms with Crippen molar-refractivity contribution in [2.45, 2.75) is 46.6 Å². The molecule has 0 aliphatic rings. The molecule has 86 valence electrons. The monoisotopic (exact) mass is 321 g/mol. The normalized spacial score (nSPS) is 11.7. The standard InChI is InChI=1S/C11H20IN3/c1-7(2)5-6-15-11(13)9(12)10(14-15)8(3)4/h7-8H,5-6,13H2,1-4H3. The molecule has 0 aromatic carbocycles. The molecule has 1 rings (SSSR count). The van der Waals surface area contributed by atoms with Gasteiger partial charge in [0, 0.05) is 6.54 Å². The number of hydrogen-bond acceptors (Lipinski definition) is 2. The van der Waals surface area contributed by atoms with E-state index in [0.717, 1.165) is 28.0 Å². The Kier molecular flexibility index (Phi) is 4.43. The topological polar surface area (TPSA) is 43.8 Å². The van der Waals surface area contributed by atoms with Crippen molar-refractivity contribution in [3.63, 3.8) is 0 Å². The van der Waals surface area contributed by atoms with Gasteiger partial charge in [-0.1, -0.05) is 27.7 Å². The van der Waals surface area contributed by atoms with E-state index in [1.807, 2.05) is 4.68 Å². The van der Waals surface area contributed by atoms with Gasteiger partial charge in [0.15, 0.2) is 0 Å². The molecule has 0 bridgehead atoms. The summed E-state index contributed by atoms with van der Waals surface area (Å²) in [5.41, 5.74) is 7.14. The molecule has 3 nitrogen and oxygen atoms in total. The van der Waals surface area contributed by atoms with E-state index in [1.165, 1.54) is 0 Å². The molecule has 1 heterocycles. The fraction of sp³-hybridized carbons (Fsp3) is 0.727. The summed E-state index contributed by atoms with van der Waals surface area (Å²) in [4.78, 5) is 0. The van der Waals surface area contributed by atoms with Crippen LogP contribution in [0.4, 0.5) is 5.82 Å². The second-order valence-electron chi connectivity index (χ2n) is 4.64. The lowest BCUT2D eigenvalue weighted by molar-refractivity contribution is 0.487. The Morgan fingerprint density at radius 1 is 1.33 bits per heavy atom. The van der Waals surface area contributed by atoms with Crippen LogP contribution in [0, 0.1) is 9.49 Å². The van der Waals surface area contributed by atoms with Gasteiger partial charge in [-0.05, 0) is 40.8 Å². The Balaban J connectivity index is 2.85. The highest BCUT2D eigenvalue weighted by molar-refractivity contribution is 14.1. The lowest BCUT2D eigenvalue weighted by Crippen LogP contribution is -2.07. The Morgan fingerprint density at radius 3 is 2.33 bits per heavy atom. The van der Waals surface area contributed by atoms with Gasteiger partial charge in [-0.3, -0.25) is 0 Å². The first-order chi connectivity index (χ1) is 6.93. The SMILES string of the molecule is CC(C)CCn1nc(C(C)C)c(I)c1N. The fourth-order valence-electron chi connectivity index (χ4n) is 1.39. The Morgan fingerprint density at radius 2 is 1.93 bits per heavy atom. The van der Waals surface area contributed by atoms with E-state index >= 15 is 0 Å². The van der Waals surface area contributed by atoms with E-state index in [0.29, 0.717) is 11.8 Å². The summed E-state index contributed by atoms with van der Waals surface area (Å²) < 4.78 is 3.06. The first-order valence-electron chi connectivity index (χ1n) is 5.45. The van der Waals surface area contributed by atoms with E-state index in [2.05, 4.69) is 55.4 Å². The van der Waals surface area contributed by atoms with Crippen molar-refractivity contribution in [1.82, 2.24) is 9.78 Å². The van der Waals surface area contributed by atoms with E-state index in [4.69, 9.17) is 5.73 Å². The molecule has 2 N–H and O–H groups in total. The minimum Gasteiger partial charge on any atom is -0.383 e. The van der Waals surface area contributed by atoms with Gasteiger partial charge in [0.2, 0.25) is 0 Å². The smallest absolute Gasteiger partial charge is 0.135 e. The Labute approximate surface area is 106 Å². The number of nitrogens with two attached hydrogens (primary N) is 1. The second kappa shape index (κ2) is 5.18. The molecule has 0 unspecified atom stereocenters. The number of rotatable bonds is 4. The van der Waals surface area contributed by atoms with Gasteiger partial charge in [0.05, 0.1) is 9.26 Å². The molecular weight excluding hydrogens is 301 g/mol. The summed E-state index contributed by atoms with van der Waals surface area (Å²) in [6.45, 7) is 9.65. The zero-order valence-electron chi connectivity index (χ0n) is 9.92. The minimum absolute atomic E-state index is 0.444. The van der Waals surface area contributed by atoms with Crippen molar-refractivity contribution in [2.24, 2.45) is 5.92 Å². The van der Waals surface area contributed by atoms with Crippen LogP contribution in [0.3, 0.4) is 0 Å². The van der Waals surface area contributed by atoms with Gasteiger partial charge in [0.1, 0.15) is 5.82 Å². The van der Waals surface area contributed by atoms with Gasteiger partial charge in [-0.25, -0.2) is 4.68 Å². The maximum absolute atomic E-state index is 6.02. The van der Waals surface area contributed by atoms with E-state index in [1.54, 1.807) is 0 Å². The molecule has 1 aromatic rings. The molecule has 0 aliphatic carbocycles. The van der Waals surface area contributed by atoms with Crippen molar-refractivity contribution < 1.29 is 0 Å². The van der Waals surface area contributed by atoms with Crippen LogP contribution in [0.2, 0.25) is 0 Å². The first kappa shape index (κ1) is 12.8. The third kappa shape index (κ3) is 3.09. The zero-order chi connectivity index (χ0) is 11.6. The summed E-state index contributed by atoms with van der Waals surface area (Å²) in [6.07, 6.45) is 1.12. The van der Waals surface area contributed by atoms with Gasteiger partial charge in [-0.2, -0.15) is 5.10 Å². The van der Waals surface area contributed by atoms with Crippen molar-refractivity contribution in [2.75, 3.05) is 5.73 Å². The van der Waals surface area contributed by atoms with Gasteiger partial charge < -0.3 is 5.73 Å². The average Bonchev–Trinajstić information content (AvgIpc) is 2.41. The molecule has 4 heteroatoms. The Bertz CT molecular complexity index is 329. The highest BCUT2D eigenvalue weighted by Crippen LogP contribution is 2.25. The van der Waals surface area contributed by atoms with Crippen molar-refractivity contribution >= 4 is 28.4 Å². The van der Waals surface area contributed by atoms with Crippen molar-refractivity contribution in [3.05, 3.63) is 9.26 Å². The molecule has 1 aromatic heterocycles. The van der Waals surface area contributed by atoms with Crippen LogP contribution >= 0.6 is 22.6 Å². The van der Waals surface area contributed by atoms with Crippen LogP contribution in [0.15, 0.2) is 0 Å². The van der Waals surface area contributed by atoms with E-state index in [9.17, 15) is 0 Å². The number of aryl methyl sites for hydroxylation is 1. The molecule has 0 saturated heterocycles. The molecule has 0 radical (unpaired) electrons. The molecule has 0 spiro atoms. The predicted molar refractivity (Wildman–Crippen MR) is 72.9 cm³/mol. The fourth-order valence-corrected chi connectivity index (χ4v) is 2.40. The lowest BCUT2D eigenvalue weighted by Gasteiger charge is -2.06. The molecule has 0 amide bonds. The van der Waals surface area contributed by atoms with Crippen molar-refractivity contribution in [3.8, 4) is 0 Å². The number of aromatic nitrogens is 2. The lowest BCUT2D eigenvalue weighted by atomic mass is 10.1. The number of hydrogen-bond donors (Lipinski definition) is 1. The third-order valence-electron chi connectivity index (χ3n) is 2.42. The van der Waals surface area contributed by atoms with E-state index in [-0.39, 0.29) is 0 Å². The van der Waals surface area contributed by atoms with Gasteiger partial charge in [0.25, 0.3) is 0 Å². The maximum Gasteiger partial charge on any atom is 0.135 e. The van der Waals surface area contributed by atoms with Crippen LogP contribution in [-0.4, -0.2) is 9.78 Å². The summed E-state index contributed by atoms with van der Waals surface area (Å²) in [5, 5.41) is 4.56. The number of halogens is 1. The number of nitrogen functional groups attached to an aromatic ring is 1. The summed E-state index contributed by atoms with van der Waals surface area (Å²) >= 11 is 2.29. The van der Waals surface area contributed by atoms with Crippen LogP contribution in [-0.2, 0) is 6.54 Å². The van der Waals surface area contributed by atoms with Crippen LogP contribution in [0.5, 0.6) is 0 Å². The number of nitrogens with zero attached hydrogens (tertiary/aromatic N) is 2. The number of anilines is 1. The summed E-state index contributed by atoms with van der Waals surface area (Å²) in [5.74, 6) is 1.95. The third-order valence-corrected chi connectivity index (χ3v) is 3.53. The first-order valence-corrected chi connectivity index (χ1v) is 6.53. The zero-order valence-corrected chi connectivity index (χ0v) is 12.1. The maximum atomic E-state index is 6.02. The largest absolute Gasteiger partial charge is 0.383 e. The molecule has 0 aliphatic heterocycles. The van der Waals surface area contributed by atoms with Crippen LogP contribution in [0.25, 0.3) is 0 Å². The molecule has 15 heavy (non-hydrogen) atoms. The highest BCUT2D eigenvalue weighted by atomic mass is 127. The Hall–Kier alpha value is -0.260. The molecular formula is C11H20IN3. The average molecular weight is 321 g/mol. The van der Waals surface area contributed by atoms with Gasteiger partial charge >= 0.3 is 0 Å². The molecule has 0 atom stereocenters. The van der Waals surface area contributed by atoms with E-state index < -0.39 is 0 Å². The molecule has 0 fully saturated rings. The molecule has 0 saturated carbocycles.